The first kappa shape index (κ1) is 11.7. The Labute approximate surface area is 99.3 Å². The highest BCUT2D eigenvalue weighted by molar-refractivity contribution is 5.28. The Bertz CT molecular complexity index is 364. The van der Waals surface area contributed by atoms with E-state index in [1.54, 1.807) is 0 Å². The maximum Gasteiger partial charge on any atom is 0.0410 e. The average Bonchev–Trinajstić information content (AvgIpc) is 2.16. The summed E-state index contributed by atoms with van der Waals surface area (Å²) < 4.78 is 0. The summed E-state index contributed by atoms with van der Waals surface area (Å²) >= 11 is 0. The first-order chi connectivity index (χ1) is 7.41. The molecule has 0 saturated carbocycles. The molecule has 1 fully saturated rings. The molecule has 1 aliphatic rings. The number of hydrogen-bond acceptors (Lipinski definition) is 1. The lowest BCUT2D eigenvalue weighted by atomic mass is 9.77. The summed E-state index contributed by atoms with van der Waals surface area (Å²) in [6.45, 7) is 9.08. The van der Waals surface area contributed by atoms with E-state index in [0.717, 1.165) is 0 Å². The van der Waals surface area contributed by atoms with Gasteiger partial charge in [-0.3, -0.25) is 0 Å². The van der Waals surface area contributed by atoms with Crippen molar-refractivity contribution < 1.29 is 0 Å². The highest BCUT2D eigenvalue weighted by atomic mass is 15.1. The summed E-state index contributed by atoms with van der Waals surface area (Å²) in [6.07, 6.45) is 3.82. The van der Waals surface area contributed by atoms with Crippen molar-refractivity contribution >= 4 is 0 Å². The lowest BCUT2D eigenvalue weighted by Crippen LogP contribution is -2.54. The molecular weight excluding hydrogens is 194 g/mol. The van der Waals surface area contributed by atoms with Gasteiger partial charge in [-0.15, -0.1) is 0 Å². The first-order valence-corrected chi connectivity index (χ1v) is 6.28. The normalized spacial score (nSPS) is 29.0. The molecule has 1 N–H and O–H groups in total. The molecule has 1 nitrogen and oxygen atoms in total. The predicted octanol–water partition coefficient (Wildman–Crippen LogP) is 3.76. The van der Waals surface area contributed by atoms with Crippen LogP contribution in [0.15, 0.2) is 24.3 Å². The average molecular weight is 217 g/mol. The Balaban J connectivity index is 2.27. The van der Waals surface area contributed by atoms with Gasteiger partial charge in [0, 0.05) is 11.1 Å². The number of aryl methyl sites for hydroxylation is 1. The summed E-state index contributed by atoms with van der Waals surface area (Å²) in [4.78, 5) is 0. The number of nitrogens with one attached hydrogen (secondary N) is 1. The summed E-state index contributed by atoms with van der Waals surface area (Å²) in [7, 11) is 0. The molecule has 1 heteroatoms. The van der Waals surface area contributed by atoms with Crippen molar-refractivity contribution in [2.45, 2.75) is 58.0 Å². The van der Waals surface area contributed by atoms with Crippen LogP contribution < -0.4 is 5.32 Å². The van der Waals surface area contributed by atoms with Crippen molar-refractivity contribution in [2.24, 2.45) is 0 Å². The second-order valence-electron chi connectivity index (χ2n) is 6.06. The van der Waals surface area contributed by atoms with E-state index < -0.39 is 0 Å². The van der Waals surface area contributed by atoms with Crippen molar-refractivity contribution in [3.05, 3.63) is 35.4 Å². The molecule has 1 atom stereocenters. The molecule has 1 unspecified atom stereocenters. The van der Waals surface area contributed by atoms with Crippen LogP contribution >= 0.6 is 0 Å². The SMILES string of the molecule is Cc1ccc(C2(C)CCCC(C)(C)N2)cc1. The van der Waals surface area contributed by atoms with E-state index in [1.165, 1.54) is 30.4 Å². The number of benzene rings is 1. The van der Waals surface area contributed by atoms with Crippen molar-refractivity contribution in [1.82, 2.24) is 5.32 Å². The highest BCUT2D eigenvalue weighted by Crippen LogP contribution is 2.35. The first-order valence-electron chi connectivity index (χ1n) is 6.28. The zero-order chi connectivity index (χ0) is 11.8. The molecule has 0 spiro atoms. The zero-order valence-corrected chi connectivity index (χ0v) is 10.9. The van der Waals surface area contributed by atoms with Gasteiger partial charge in [-0.1, -0.05) is 29.8 Å². The van der Waals surface area contributed by atoms with Gasteiger partial charge in [-0.25, -0.2) is 0 Å². The summed E-state index contributed by atoms with van der Waals surface area (Å²) in [5.74, 6) is 0. The van der Waals surface area contributed by atoms with Crippen molar-refractivity contribution in [1.29, 1.82) is 0 Å². The monoisotopic (exact) mass is 217 g/mol. The molecule has 1 aliphatic heterocycles. The minimum Gasteiger partial charge on any atom is -0.303 e. The van der Waals surface area contributed by atoms with Crippen LogP contribution in [0.3, 0.4) is 0 Å². The fourth-order valence-corrected chi connectivity index (χ4v) is 2.89. The second kappa shape index (κ2) is 3.89. The van der Waals surface area contributed by atoms with Gasteiger partial charge in [-0.05, 0) is 52.5 Å². The topological polar surface area (TPSA) is 12.0 Å². The van der Waals surface area contributed by atoms with Crippen molar-refractivity contribution in [3.63, 3.8) is 0 Å². The van der Waals surface area contributed by atoms with Crippen LogP contribution in [0.4, 0.5) is 0 Å². The Morgan fingerprint density at radius 2 is 1.62 bits per heavy atom. The lowest BCUT2D eigenvalue weighted by Gasteiger charge is -2.45. The standard InChI is InChI=1S/C15H23N/c1-12-6-8-13(9-7-12)15(4)11-5-10-14(2,3)16-15/h6-9,16H,5,10-11H2,1-4H3. The van der Waals surface area contributed by atoms with E-state index in [9.17, 15) is 0 Å². The van der Waals surface area contributed by atoms with Crippen LogP contribution in [-0.4, -0.2) is 5.54 Å². The molecule has 0 amide bonds. The van der Waals surface area contributed by atoms with Gasteiger partial charge in [-0.2, -0.15) is 0 Å². The molecule has 0 aliphatic carbocycles. The van der Waals surface area contributed by atoms with E-state index in [2.05, 4.69) is 57.3 Å². The van der Waals surface area contributed by atoms with Gasteiger partial charge >= 0.3 is 0 Å². The molecule has 16 heavy (non-hydrogen) atoms. The summed E-state index contributed by atoms with van der Waals surface area (Å²) in [5.41, 5.74) is 3.17. The minimum absolute atomic E-state index is 0.148. The fraction of sp³-hybridized carbons (Fsp3) is 0.600. The van der Waals surface area contributed by atoms with Crippen molar-refractivity contribution in [3.8, 4) is 0 Å². The number of rotatable bonds is 1. The van der Waals surface area contributed by atoms with Crippen LogP contribution in [0.1, 0.15) is 51.2 Å². The number of piperidine rings is 1. The molecular formula is C15H23N. The lowest BCUT2D eigenvalue weighted by molar-refractivity contribution is 0.168. The van der Waals surface area contributed by atoms with E-state index in [4.69, 9.17) is 0 Å². The molecule has 0 bridgehead atoms. The van der Waals surface area contributed by atoms with E-state index >= 15 is 0 Å². The van der Waals surface area contributed by atoms with E-state index in [0.29, 0.717) is 0 Å². The highest BCUT2D eigenvalue weighted by Gasteiger charge is 2.36. The van der Waals surface area contributed by atoms with E-state index in [1.807, 2.05) is 0 Å². The largest absolute Gasteiger partial charge is 0.303 e. The molecule has 1 aromatic carbocycles. The third-order valence-corrected chi connectivity index (χ3v) is 3.78. The van der Waals surface area contributed by atoms with Gasteiger partial charge in [0.1, 0.15) is 0 Å². The molecule has 2 rings (SSSR count). The van der Waals surface area contributed by atoms with Crippen molar-refractivity contribution in [2.75, 3.05) is 0 Å². The quantitative estimate of drug-likeness (QED) is 0.755. The van der Waals surface area contributed by atoms with Crippen LogP contribution in [-0.2, 0) is 5.54 Å². The molecule has 0 aromatic heterocycles. The smallest absolute Gasteiger partial charge is 0.0410 e. The van der Waals surface area contributed by atoms with Gasteiger partial charge < -0.3 is 5.32 Å². The Morgan fingerprint density at radius 1 is 1.00 bits per heavy atom. The molecule has 88 valence electrons. The Morgan fingerprint density at radius 3 is 2.19 bits per heavy atom. The van der Waals surface area contributed by atoms with Crippen LogP contribution in [0, 0.1) is 6.92 Å². The van der Waals surface area contributed by atoms with Gasteiger partial charge in [0.05, 0.1) is 0 Å². The Hall–Kier alpha value is -0.820. The number of hydrogen-bond donors (Lipinski definition) is 1. The summed E-state index contributed by atoms with van der Waals surface area (Å²) in [6, 6.07) is 8.96. The molecule has 1 aromatic rings. The minimum atomic E-state index is 0.148. The predicted molar refractivity (Wildman–Crippen MR) is 69.6 cm³/mol. The van der Waals surface area contributed by atoms with Crippen LogP contribution in [0.2, 0.25) is 0 Å². The maximum atomic E-state index is 3.80. The molecule has 1 saturated heterocycles. The van der Waals surface area contributed by atoms with Gasteiger partial charge in [0.15, 0.2) is 0 Å². The zero-order valence-electron chi connectivity index (χ0n) is 10.9. The third-order valence-electron chi connectivity index (χ3n) is 3.78. The van der Waals surface area contributed by atoms with E-state index in [-0.39, 0.29) is 11.1 Å². The third kappa shape index (κ3) is 2.30. The van der Waals surface area contributed by atoms with Crippen LogP contribution in [0.5, 0.6) is 0 Å². The van der Waals surface area contributed by atoms with Gasteiger partial charge in [0.2, 0.25) is 0 Å². The maximum absolute atomic E-state index is 3.80. The van der Waals surface area contributed by atoms with Gasteiger partial charge in [0.25, 0.3) is 0 Å². The fourth-order valence-electron chi connectivity index (χ4n) is 2.89. The molecule has 1 heterocycles. The second-order valence-corrected chi connectivity index (χ2v) is 6.06. The molecule has 0 radical (unpaired) electrons. The summed E-state index contributed by atoms with van der Waals surface area (Å²) in [5, 5.41) is 3.80. The Kier molecular flexibility index (Phi) is 2.83. The van der Waals surface area contributed by atoms with Crippen LogP contribution in [0.25, 0.3) is 0 Å².